The minimum Gasteiger partial charge on any atom is -0.400 e. The molecule has 0 spiro atoms. The van der Waals surface area contributed by atoms with E-state index in [0.29, 0.717) is 11.5 Å². The van der Waals surface area contributed by atoms with Crippen LogP contribution in [0.2, 0.25) is 0 Å². The molecule has 1 aliphatic rings. The van der Waals surface area contributed by atoms with Crippen LogP contribution in [0.25, 0.3) is 0 Å². The molecule has 0 aromatic heterocycles. The van der Waals surface area contributed by atoms with Crippen molar-refractivity contribution in [1.82, 2.24) is 0 Å². The zero-order valence-corrected chi connectivity index (χ0v) is 19.3. The molecule has 1 aliphatic carbocycles. The lowest BCUT2D eigenvalue weighted by molar-refractivity contribution is -0.104. The molecule has 0 aromatic carbocycles. The Morgan fingerprint density at radius 2 is 1.66 bits per heavy atom. The third-order valence-electron chi connectivity index (χ3n) is 4.70. The summed E-state index contributed by atoms with van der Waals surface area (Å²) in [6.45, 7) is 30.2. The molecule has 29 heavy (non-hydrogen) atoms. The molecule has 0 radical (unpaired) electrons. The molecule has 0 aromatic rings. The zero-order chi connectivity index (χ0) is 23.2. The van der Waals surface area contributed by atoms with Gasteiger partial charge in [-0.1, -0.05) is 89.6 Å². The van der Waals surface area contributed by atoms with Gasteiger partial charge in [0.1, 0.15) is 6.29 Å². The molecule has 2 heteroatoms. The summed E-state index contributed by atoms with van der Waals surface area (Å²) in [7, 11) is 1.00. The lowest BCUT2D eigenvalue weighted by Gasteiger charge is -2.24. The van der Waals surface area contributed by atoms with Gasteiger partial charge in [0.2, 0.25) is 0 Å². The standard InChI is InChI=1S/C22H30.C4H6O.CH4O/c1-9-16(2)10-11-18(4)21(7)19(5)14-20(6)22(8)13-12-17(3)15-22;1-4(2)3-5;1-2/h10-14,17H,2,4,6-7,9,15H2,1,3,5,8H3;3H,1H2,2H3;2H,1H3/b11-10-,19-14-;;/t17?,22-;;/m0../s1. The van der Waals surface area contributed by atoms with Crippen LogP contribution in [0.1, 0.15) is 47.5 Å². The van der Waals surface area contributed by atoms with Crippen molar-refractivity contribution in [2.75, 3.05) is 7.11 Å². The van der Waals surface area contributed by atoms with E-state index in [4.69, 9.17) is 5.11 Å². The maximum Gasteiger partial charge on any atom is 0.145 e. The number of allylic oxidation sites excluding steroid dienone is 11. The predicted molar refractivity (Wildman–Crippen MR) is 130 cm³/mol. The number of aliphatic hydroxyl groups is 1. The Labute approximate surface area is 179 Å². The summed E-state index contributed by atoms with van der Waals surface area (Å²) in [6.07, 6.45) is 13.5. The minimum atomic E-state index is 0.0641. The smallest absolute Gasteiger partial charge is 0.145 e. The first-order valence-electron chi connectivity index (χ1n) is 9.83. The van der Waals surface area contributed by atoms with Crippen LogP contribution in [0.4, 0.5) is 0 Å². The summed E-state index contributed by atoms with van der Waals surface area (Å²) in [5.74, 6) is 0.622. The van der Waals surface area contributed by atoms with Gasteiger partial charge < -0.3 is 5.11 Å². The fourth-order valence-electron chi connectivity index (χ4n) is 2.62. The molecule has 0 fully saturated rings. The van der Waals surface area contributed by atoms with Gasteiger partial charge in [-0.25, -0.2) is 0 Å². The van der Waals surface area contributed by atoms with Gasteiger partial charge in [0, 0.05) is 12.5 Å². The quantitative estimate of drug-likeness (QED) is 0.206. The van der Waals surface area contributed by atoms with Gasteiger partial charge >= 0.3 is 0 Å². The highest BCUT2D eigenvalue weighted by atomic mass is 16.2. The van der Waals surface area contributed by atoms with Crippen molar-refractivity contribution >= 4 is 6.29 Å². The fourth-order valence-corrected chi connectivity index (χ4v) is 2.62. The number of hydrogen-bond donors (Lipinski definition) is 1. The third-order valence-corrected chi connectivity index (χ3v) is 4.70. The Balaban J connectivity index is 0. The summed E-state index contributed by atoms with van der Waals surface area (Å²) in [5.41, 5.74) is 5.88. The fraction of sp³-hybridized carbons (Fsp3) is 0.370. The highest BCUT2D eigenvalue weighted by molar-refractivity contribution is 5.70. The first-order valence-corrected chi connectivity index (χ1v) is 9.83. The Bertz CT molecular complexity index is 713. The largest absolute Gasteiger partial charge is 0.400 e. The highest BCUT2D eigenvalue weighted by Gasteiger charge is 2.29. The SMILES string of the molecule is C=C(/C=C\C(=C)C(=C)/C(C)=C\C(=C)[C@@]1(C)C=CC(C)C1)CC.C=C(C)C=O.CO. The van der Waals surface area contributed by atoms with Crippen LogP contribution in [0.3, 0.4) is 0 Å². The maximum absolute atomic E-state index is 9.41. The van der Waals surface area contributed by atoms with E-state index in [-0.39, 0.29) is 5.41 Å². The summed E-state index contributed by atoms with van der Waals surface area (Å²) < 4.78 is 0. The van der Waals surface area contributed by atoms with E-state index >= 15 is 0 Å². The molecular weight excluding hydrogens is 356 g/mol. The van der Waals surface area contributed by atoms with Crippen molar-refractivity contribution in [1.29, 1.82) is 0 Å². The molecule has 0 aliphatic heterocycles. The Morgan fingerprint density at radius 3 is 2.03 bits per heavy atom. The van der Waals surface area contributed by atoms with Crippen molar-refractivity contribution in [3.05, 3.63) is 96.7 Å². The molecule has 1 rings (SSSR count). The van der Waals surface area contributed by atoms with Crippen molar-refractivity contribution in [3.8, 4) is 0 Å². The number of hydrogen-bond acceptors (Lipinski definition) is 2. The Hall–Kier alpha value is -2.45. The van der Waals surface area contributed by atoms with Crippen LogP contribution >= 0.6 is 0 Å². The molecule has 2 atom stereocenters. The van der Waals surface area contributed by atoms with Crippen LogP contribution in [0.5, 0.6) is 0 Å². The van der Waals surface area contributed by atoms with E-state index in [2.05, 4.69) is 78.8 Å². The molecule has 1 N–H and O–H groups in total. The lowest BCUT2D eigenvalue weighted by atomic mass is 9.80. The van der Waals surface area contributed by atoms with Crippen molar-refractivity contribution in [2.24, 2.45) is 11.3 Å². The highest BCUT2D eigenvalue weighted by Crippen LogP contribution is 2.41. The van der Waals surface area contributed by atoms with Gasteiger partial charge in [0.15, 0.2) is 0 Å². The number of carbonyl (C=O) groups is 1. The van der Waals surface area contributed by atoms with E-state index in [1.165, 1.54) is 0 Å². The Kier molecular flexibility index (Phi) is 14.4. The topological polar surface area (TPSA) is 37.3 Å². The third kappa shape index (κ3) is 11.2. The summed E-state index contributed by atoms with van der Waals surface area (Å²) in [5, 5.41) is 7.00. The predicted octanol–water partition coefficient (Wildman–Crippen LogP) is 7.10. The molecule has 1 unspecified atom stereocenters. The molecule has 2 nitrogen and oxygen atoms in total. The molecule has 0 bridgehead atoms. The average molecular weight is 397 g/mol. The van der Waals surface area contributed by atoms with Crippen LogP contribution in [-0.2, 0) is 4.79 Å². The normalized spacial score (nSPS) is 20.1. The average Bonchev–Trinajstić information content (AvgIpc) is 3.06. The van der Waals surface area contributed by atoms with Gasteiger partial charge in [-0.3, -0.25) is 4.79 Å². The second-order valence-electron chi connectivity index (χ2n) is 7.62. The summed E-state index contributed by atoms with van der Waals surface area (Å²) in [6, 6.07) is 0. The van der Waals surface area contributed by atoms with Gasteiger partial charge in [0.05, 0.1) is 0 Å². The first-order chi connectivity index (χ1) is 13.5. The summed E-state index contributed by atoms with van der Waals surface area (Å²) >= 11 is 0. The van der Waals surface area contributed by atoms with Crippen LogP contribution < -0.4 is 0 Å². The van der Waals surface area contributed by atoms with Gasteiger partial charge in [0.25, 0.3) is 0 Å². The zero-order valence-electron chi connectivity index (χ0n) is 19.3. The molecule has 0 amide bonds. The number of aldehydes is 1. The molecule has 0 saturated carbocycles. The van der Waals surface area contributed by atoms with E-state index < -0.39 is 0 Å². The van der Waals surface area contributed by atoms with Crippen molar-refractivity contribution < 1.29 is 9.90 Å². The first kappa shape index (κ1) is 28.8. The second-order valence-corrected chi connectivity index (χ2v) is 7.62. The number of carbonyl (C=O) groups excluding carboxylic acids is 1. The van der Waals surface area contributed by atoms with Gasteiger partial charge in [-0.15, -0.1) is 0 Å². The lowest BCUT2D eigenvalue weighted by Crippen LogP contribution is -2.13. The van der Waals surface area contributed by atoms with E-state index in [0.717, 1.165) is 54.1 Å². The van der Waals surface area contributed by atoms with Crippen molar-refractivity contribution in [3.63, 3.8) is 0 Å². The second kappa shape index (κ2) is 14.5. The Morgan fingerprint density at radius 1 is 1.14 bits per heavy atom. The van der Waals surface area contributed by atoms with E-state index in [1.807, 2.05) is 12.2 Å². The van der Waals surface area contributed by atoms with Crippen LogP contribution in [0.15, 0.2) is 96.7 Å². The van der Waals surface area contributed by atoms with Crippen LogP contribution in [-0.4, -0.2) is 18.5 Å². The van der Waals surface area contributed by atoms with E-state index in [1.54, 1.807) is 6.92 Å². The minimum absolute atomic E-state index is 0.0641. The van der Waals surface area contributed by atoms with Gasteiger partial charge in [-0.05, 0) is 60.5 Å². The van der Waals surface area contributed by atoms with Gasteiger partial charge in [-0.2, -0.15) is 0 Å². The molecule has 160 valence electrons. The van der Waals surface area contributed by atoms with Crippen molar-refractivity contribution in [2.45, 2.75) is 47.5 Å². The monoisotopic (exact) mass is 396 g/mol. The molecule has 0 saturated heterocycles. The molecular formula is C27H40O2. The number of rotatable bonds is 8. The maximum atomic E-state index is 9.41. The van der Waals surface area contributed by atoms with E-state index in [9.17, 15) is 4.79 Å². The number of aliphatic hydroxyl groups excluding tert-OH is 1. The summed E-state index contributed by atoms with van der Waals surface area (Å²) in [4.78, 5) is 9.41. The van der Waals surface area contributed by atoms with Crippen LogP contribution in [0, 0.1) is 11.3 Å². The molecule has 0 heterocycles.